The van der Waals surface area contributed by atoms with E-state index in [4.69, 9.17) is 10.5 Å². The second-order valence-corrected chi connectivity index (χ2v) is 6.91. The van der Waals surface area contributed by atoms with Crippen LogP contribution in [0.1, 0.15) is 21.6 Å². The van der Waals surface area contributed by atoms with E-state index in [0.29, 0.717) is 11.3 Å². The van der Waals surface area contributed by atoms with Crippen molar-refractivity contribution in [3.05, 3.63) is 87.6 Å². The molecule has 32 heavy (non-hydrogen) atoms. The van der Waals surface area contributed by atoms with E-state index in [1.807, 2.05) is 0 Å². The van der Waals surface area contributed by atoms with E-state index < -0.39 is 17.8 Å². The van der Waals surface area contributed by atoms with Crippen LogP contribution in [0.25, 0.3) is 5.69 Å². The van der Waals surface area contributed by atoms with Gasteiger partial charge in [0.1, 0.15) is 11.5 Å². The fourth-order valence-electron chi connectivity index (χ4n) is 3.11. The van der Waals surface area contributed by atoms with Gasteiger partial charge in [-0.3, -0.25) is 14.5 Å². The average molecular weight is 440 g/mol. The molecular formula is C22H21FN4O5. The highest BCUT2D eigenvalue weighted by atomic mass is 19.1. The quantitative estimate of drug-likeness (QED) is 0.553. The summed E-state index contributed by atoms with van der Waals surface area (Å²) < 4.78 is 20.1. The van der Waals surface area contributed by atoms with E-state index in [0.717, 1.165) is 17.0 Å². The highest BCUT2D eigenvalue weighted by molar-refractivity contribution is 5.93. The zero-order valence-corrected chi connectivity index (χ0v) is 17.2. The van der Waals surface area contributed by atoms with Gasteiger partial charge in [-0.05, 0) is 35.9 Å². The van der Waals surface area contributed by atoms with Crippen molar-refractivity contribution in [2.75, 3.05) is 25.2 Å². The van der Waals surface area contributed by atoms with Gasteiger partial charge in [-0.1, -0.05) is 12.1 Å². The molecule has 0 aliphatic carbocycles. The lowest BCUT2D eigenvalue weighted by atomic mass is 10.1. The number of carbonyl (C=O) groups is 2. The van der Waals surface area contributed by atoms with Gasteiger partial charge in [-0.15, -0.1) is 0 Å². The number of carboxylic acid groups (broad SMARTS) is 1. The van der Waals surface area contributed by atoms with Crippen LogP contribution in [0, 0.1) is 5.82 Å². The molecule has 166 valence electrons. The standard InChI is InChI=1S/C22H21FN4O5/c1-32-8-7-26(22(30)31)17-4-2-3-14(9-17)10-19-20(28)5-6-27(25-19)18-12-15(21(24)29)11-16(23)13-18/h2-6,9,11-13H,7-8,10H2,1H3,(H2,24,29)(H,30,31). The van der Waals surface area contributed by atoms with Crippen molar-refractivity contribution in [3.63, 3.8) is 0 Å². The van der Waals surface area contributed by atoms with E-state index >= 15 is 0 Å². The summed E-state index contributed by atoms with van der Waals surface area (Å²) in [5.74, 6) is -1.46. The molecule has 0 aliphatic heterocycles. The number of nitrogens with two attached hydrogens (primary N) is 1. The van der Waals surface area contributed by atoms with Crippen LogP contribution in [0.4, 0.5) is 14.9 Å². The Kier molecular flexibility index (Phi) is 6.96. The summed E-state index contributed by atoms with van der Waals surface area (Å²) in [4.78, 5) is 36.5. The third kappa shape index (κ3) is 5.35. The molecule has 0 bridgehead atoms. The lowest BCUT2D eigenvalue weighted by Gasteiger charge is -2.19. The number of hydrogen-bond donors (Lipinski definition) is 2. The maximum absolute atomic E-state index is 13.9. The summed E-state index contributed by atoms with van der Waals surface area (Å²) in [5, 5.41) is 13.7. The highest BCUT2D eigenvalue weighted by Gasteiger charge is 2.15. The van der Waals surface area contributed by atoms with Crippen LogP contribution in [0.15, 0.2) is 59.5 Å². The van der Waals surface area contributed by atoms with Crippen LogP contribution in [-0.2, 0) is 11.2 Å². The molecular weight excluding hydrogens is 419 g/mol. The number of benzene rings is 2. The summed E-state index contributed by atoms with van der Waals surface area (Å²) in [6.07, 6.45) is 0.345. The van der Waals surface area contributed by atoms with Gasteiger partial charge < -0.3 is 15.6 Å². The van der Waals surface area contributed by atoms with Crippen molar-refractivity contribution in [2.24, 2.45) is 5.73 Å². The highest BCUT2D eigenvalue weighted by Crippen LogP contribution is 2.18. The molecule has 0 spiro atoms. The van der Waals surface area contributed by atoms with Crippen LogP contribution in [0.2, 0.25) is 0 Å². The monoisotopic (exact) mass is 440 g/mol. The molecule has 9 nitrogen and oxygen atoms in total. The second-order valence-electron chi connectivity index (χ2n) is 6.91. The Bertz CT molecular complexity index is 1210. The molecule has 1 aromatic heterocycles. The Morgan fingerprint density at radius 2 is 2.00 bits per heavy atom. The predicted molar refractivity (Wildman–Crippen MR) is 115 cm³/mol. The molecule has 0 atom stereocenters. The first-order chi connectivity index (χ1) is 15.3. The van der Waals surface area contributed by atoms with Crippen LogP contribution < -0.4 is 16.1 Å². The topological polar surface area (TPSA) is 128 Å². The summed E-state index contributed by atoms with van der Waals surface area (Å²) >= 11 is 0. The number of halogens is 1. The number of hydrogen-bond acceptors (Lipinski definition) is 5. The molecule has 0 radical (unpaired) electrons. The first-order valence-electron chi connectivity index (χ1n) is 9.56. The molecule has 0 saturated heterocycles. The van der Waals surface area contributed by atoms with E-state index in [9.17, 15) is 23.9 Å². The molecule has 3 N–H and O–H groups in total. The lowest BCUT2D eigenvalue weighted by Crippen LogP contribution is -2.32. The molecule has 10 heteroatoms. The van der Waals surface area contributed by atoms with Crippen molar-refractivity contribution < 1.29 is 23.8 Å². The minimum absolute atomic E-state index is 0.0282. The molecule has 0 fully saturated rings. The molecule has 0 saturated carbocycles. The van der Waals surface area contributed by atoms with Crippen molar-refractivity contribution in [3.8, 4) is 5.69 Å². The molecule has 3 rings (SSSR count). The number of aromatic nitrogens is 2. The van der Waals surface area contributed by atoms with Gasteiger partial charge in [0, 0.05) is 37.0 Å². The van der Waals surface area contributed by atoms with E-state index in [1.165, 1.54) is 30.1 Å². The number of carbonyl (C=O) groups excluding carboxylic acids is 1. The molecule has 2 aromatic carbocycles. The third-order valence-corrected chi connectivity index (χ3v) is 4.66. The molecule has 3 aromatic rings. The van der Waals surface area contributed by atoms with Crippen LogP contribution in [-0.4, -0.2) is 47.1 Å². The van der Waals surface area contributed by atoms with Crippen molar-refractivity contribution in [1.82, 2.24) is 9.78 Å². The smallest absolute Gasteiger partial charge is 0.411 e. The number of rotatable bonds is 8. The maximum atomic E-state index is 13.9. The third-order valence-electron chi connectivity index (χ3n) is 4.66. The Morgan fingerprint density at radius 1 is 1.22 bits per heavy atom. The largest absolute Gasteiger partial charge is 0.465 e. The minimum Gasteiger partial charge on any atom is -0.465 e. The Labute approximate surface area is 182 Å². The van der Waals surface area contributed by atoms with Gasteiger partial charge in [-0.25, -0.2) is 13.9 Å². The van der Waals surface area contributed by atoms with Gasteiger partial charge in [-0.2, -0.15) is 5.10 Å². The number of ether oxygens (including phenoxy) is 1. The molecule has 1 heterocycles. The minimum atomic E-state index is -1.13. The number of amides is 2. The number of anilines is 1. The Hall–Kier alpha value is -4.05. The molecule has 0 aliphatic rings. The van der Waals surface area contributed by atoms with E-state index in [-0.39, 0.29) is 41.9 Å². The summed E-state index contributed by atoms with van der Waals surface area (Å²) in [7, 11) is 1.48. The van der Waals surface area contributed by atoms with Gasteiger partial charge in [0.15, 0.2) is 0 Å². The fourth-order valence-corrected chi connectivity index (χ4v) is 3.11. The lowest BCUT2D eigenvalue weighted by molar-refractivity contribution is 0.0999. The summed E-state index contributed by atoms with van der Waals surface area (Å²) in [5.41, 5.74) is 6.34. The molecule has 2 amide bonds. The number of nitrogens with zero attached hydrogens (tertiary/aromatic N) is 3. The van der Waals surface area contributed by atoms with E-state index in [2.05, 4.69) is 5.10 Å². The maximum Gasteiger partial charge on any atom is 0.411 e. The number of methoxy groups -OCH3 is 1. The van der Waals surface area contributed by atoms with Gasteiger partial charge in [0.25, 0.3) is 0 Å². The van der Waals surface area contributed by atoms with Crippen molar-refractivity contribution >= 4 is 17.7 Å². The zero-order chi connectivity index (χ0) is 23.3. The van der Waals surface area contributed by atoms with Gasteiger partial charge in [0.05, 0.1) is 18.8 Å². The normalized spacial score (nSPS) is 10.7. The number of primary amides is 1. The second kappa shape index (κ2) is 9.84. The van der Waals surface area contributed by atoms with Crippen LogP contribution in [0.3, 0.4) is 0 Å². The molecule has 0 unspecified atom stereocenters. The van der Waals surface area contributed by atoms with Crippen LogP contribution in [0.5, 0.6) is 0 Å². The predicted octanol–water partition coefficient (Wildman–Crippen LogP) is 2.19. The van der Waals surface area contributed by atoms with Gasteiger partial charge >= 0.3 is 6.09 Å². The first kappa shape index (κ1) is 22.6. The summed E-state index contributed by atoms with van der Waals surface area (Å²) in [6.45, 7) is 0.371. The SMILES string of the molecule is COCCN(C(=O)O)c1cccc(Cc2nn(-c3cc(F)cc(C(N)=O)c3)ccc2=O)c1. The van der Waals surface area contributed by atoms with Crippen molar-refractivity contribution in [1.29, 1.82) is 0 Å². The first-order valence-corrected chi connectivity index (χ1v) is 9.56. The Morgan fingerprint density at radius 3 is 2.69 bits per heavy atom. The summed E-state index contributed by atoms with van der Waals surface area (Å²) in [6, 6.07) is 11.5. The zero-order valence-electron chi connectivity index (χ0n) is 17.2. The van der Waals surface area contributed by atoms with E-state index in [1.54, 1.807) is 24.3 Å². The average Bonchev–Trinajstić information content (AvgIpc) is 2.75. The van der Waals surface area contributed by atoms with Crippen LogP contribution >= 0.6 is 0 Å². The Balaban J connectivity index is 1.93. The fraction of sp³-hybridized carbons (Fsp3) is 0.182. The van der Waals surface area contributed by atoms with Gasteiger partial charge in [0.2, 0.25) is 11.3 Å². The van der Waals surface area contributed by atoms with Crippen molar-refractivity contribution in [2.45, 2.75) is 6.42 Å².